The van der Waals surface area contributed by atoms with Gasteiger partial charge in [0.15, 0.2) is 0 Å². The first kappa shape index (κ1) is 19.6. The number of benzene rings is 2. The quantitative estimate of drug-likeness (QED) is 0.432. The molecule has 0 spiro atoms. The molecule has 0 bridgehead atoms. The van der Waals surface area contributed by atoms with Crippen LogP contribution in [0.1, 0.15) is 17.0 Å². The summed E-state index contributed by atoms with van der Waals surface area (Å²) in [5, 5.41) is 0. The SMILES string of the molecule is O=S(=O)(NF)c1ccc(C2=CC(=S)C(c3ccc(Br)c(Br)c3)C=C2)cc1. The lowest BCUT2D eigenvalue weighted by molar-refractivity contribution is 0.425. The minimum absolute atomic E-state index is 0.00598. The number of thiocarbonyl (C=S) groups is 1. The molecule has 0 saturated heterocycles. The lowest BCUT2D eigenvalue weighted by atomic mass is 9.88. The number of hydrogen-bond acceptors (Lipinski definition) is 3. The van der Waals surface area contributed by atoms with Crippen molar-refractivity contribution < 1.29 is 12.9 Å². The van der Waals surface area contributed by atoms with Crippen LogP contribution in [0.25, 0.3) is 5.57 Å². The van der Waals surface area contributed by atoms with Crippen molar-refractivity contribution >= 4 is 64.5 Å². The summed E-state index contributed by atoms with van der Waals surface area (Å²) < 4.78 is 37.2. The van der Waals surface area contributed by atoms with Crippen LogP contribution in [0.5, 0.6) is 0 Å². The minimum Gasteiger partial charge on any atom is -0.205 e. The van der Waals surface area contributed by atoms with Crippen LogP contribution >= 0.6 is 44.1 Å². The van der Waals surface area contributed by atoms with E-state index in [1.54, 1.807) is 12.1 Å². The summed E-state index contributed by atoms with van der Waals surface area (Å²) in [6.07, 6.45) is 5.86. The van der Waals surface area contributed by atoms with Crippen LogP contribution in [0.4, 0.5) is 4.48 Å². The molecule has 1 atom stereocenters. The predicted octanol–water partition coefficient (Wildman–Crippen LogP) is 5.48. The number of allylic oxidation sites excluding steroid dienone is 4. The molecule has 1 aliphatic rings. The van der Waals surface area contributed by atoms with E-state index in [1.165, 1.54) is 12.1 Å². The summed E-state index contributed by atoms with van der Waals surface area (Å²) in [4.78, 5) is 1.44. The van der Waals surface area contributed by atoms with Crippen molar-refractivity contribution in [1.82, 2.24) is 4.94 Å². The highest BCUT2D eigenvalue weighted by atomic mass is 79.9. The summed E-state index contributed by atoms with van der Waals surface area (Å²) in [7, 11) is -4.10. The Bertz CT molecular complexity index is 1030. The number of halogens is 3. The zero-order valence-corrected chi connectivity index (χ0v) is 17.9. The lowest BCUT2D eigenvalue weighted by Gasteiger charge is -2.19. The second kappa shape index (κ2) is 7.82. The fourth-order valence-corrected chi connectivity index (χ4v) is 4.19. The monoisotopic (exact) mass is 515 g/mol. The van der Waals surface area contributed by atoms with Gasteiger partial charge in [-0.1, -0.05) is 42.6 Å². The Balaban J connectivity index is 1.85. The van der Waals surface area contributed by atoms with Crippen molar-refractivity contribution in [2.75, 3.05) is 0 Å². The van der Waals surface area contributed by atoms with Gasteiger partial charge in [-0.25, -0.2) is 8.42 Å². The maximum atomic E-state index is 12.3. The summed E-state index contributed by atoms with van der Waals surface area (Å²) >= 11 is 12.5. The molecule has 0 saturated carbocycles. The van der Waals surface area contributed by atoms with Gasteiger partial charge in [0.1, 0.15) is 0 Å². The molecule has 3 nitrogen and oxygen atoms in total. The van der Waals surface area contributed by atoms with Gasteiger partial charge < -0.3 is 0 Å². The van der Waals surface area contributed by atoms with Crippen LogP contribution in [0.15, 0.2) is 74.5 Å². The van der Waals surface area contributed by atoms with E-state index in [4.69, 9.17) is 12.2 Å². The molecule has 2 aromatic carbocycles. The number of hydrogen-bond donors (Lipinski definition) is 1. The maximum absolute atomic E-state index is 12.3. The van der Waals surface area contributed by atoms with Gasteiger partial charge in [-0.3, -0.25) is 0 Å². The van der Waals surface area contributed by atoms with E-state index in [0.717, 1.165) is 35.5 Å². The van der Waals surface area contributed by atoms with E-state index >= 15 is 0 Å². The third kappa shape index (κ3) is 4.04. The van der Waals surface area contributed by atoms with Gasteiger partial charge in [-0.2, -0.15) is 0 Å². The van der Waals surface area contributed by atoms with Crippen LogP contribution in [-0.4, -0.2) is 13.3 Å². The largest absolute Gasteiger partial charge is 0.266 e. The Morgan fingerprint density at radius 3 is 2.31 bits per heavy atom. The Kier molecular flexibility index (Phi) is 5.88. The van der Waals surface area contributed by atoms with Crippen molar-refractivity contribution in [1.29, 1.82) is 0 Å². The van der Waals surface area contributed by atoms with Gasteiger partial charge in [-0.15, -0.1) is 4.48 Å². The molecule has 1 aliphatic carbocycles. The van der Waals surface area contributed by atoms with Crippen molar-refractivity contribution in [3.8, 4) is 0 Å². The van der Waals surface area contributed by atoms with Crippen LogP contribution in [0, 0.1) is 0 Å². The maximum Gasteiger partial charge on any atom is 0.266 e. The van der Waals surface area contributed by atoms with E-state index in [1.807, 2.05) is 36.4 Å². The Labute approximate surface area is 173 Å². The highest BCUT2D eigenvalue weighted by molar-refractivity contribution is 9.13. The topological polar surface area (TPSA) is 46.2 Å². The van der Waals surface area contributed by atoms with Gasteiger partial charge in [0, 0.05) is 19.7 Å². The molecule has 1 unspecified atom stereocenters. The Morgan fingerprint density at radius 2 is 1.73 bits per heavy atom. The van der Waals surface area contributed by atoms with Crippen molar-refractivity contribution in [2.45, 2.75) is 10.8 Å². The number of nitrogens with one attached hydrogen (secondary N) is 1. The van der Waals surface area contributed by atoms with Crippen molar-refractivity contribution in [3.63, 3.8) is 0 Å². The summed E-state index contributed by atoms with van der Waals surface area (Å²) in [6.45, 7) is 0. The number of sulfonamides is 1. The molecule has 0 amide bonds. The van der Waals surface area contributed by atoms with Crippen molar-refractivity contribution in [2.24, 2.45) is 0 Å². The molecule has 2 aromatic rings. The fraction of sp³-hybridized carbons (Fsp3) is 0.0556. The molecular weight excluding hydrogens is 505 g/mol. The first-order valence-corrected chi connectivity index (χ1v) is 10.9. The average molecular weight is 517 g/mol. The molecule has 8 heteroatoms. The molecule has 0 heterocycles. The Morgan fingerprint density at radius 1 is 1.04 bits per heavy atom. The van der Waals surface area contributed by atoms with Crippen LogP contribution in [0.3, 0.4) is 0 Å². The first-order chi connectivity index (χ1) is 12.3. The standard InChI is InChI=1S/C18H12Br2FNO2S2/c19-16-8-4-13(9-17(16)20)15-7-3-12(10-18(15)25)11-1-5-14(6-2-11)26(23,24)22-21/h1-10,15,22H. The van der Waals surface area contributed by atoms with Crippen LogP contribution in [0.2, 0.25) is 0 Å². The highest BCUT2D eigenvalue weighted by Gasteiger charge is 2.19. The molecular formula is C18H12Br2FNO2S2. The van der Waals surface area contributed by atoms with Crippen LogP contribution < -0.4 is 4.94 Å². The van der Waals surface area contributed by atoms with E-state index in [2.05, 4.69) is 31.9 Å². The van der Waals surface area contributed by atoms with Crippen LogP contribution in [-0.2, 0) is 10.0 Å². The number of rotatable bonds is 4. The Hall–Kier alpha value is -1.19. The second-order valence-electron chi connectivity index (χ2n) is 5.62. The molecule has 26 heavy (non-hydrogen) atoms. The zero-order valence-electron chi connectivity index (χ0n) is 13.1. The molecule has 1 N–H and O–H groups in total. The summed E-state index contributed by atoms with van der Waals surface area (Å²) in [5.41, 5.74) is 2.75. The average Bonchev–Trinajstić information content (AvgIpc) is 2.64. The zero-order chi connectivity index (χ0) is 18.9. The molecule has 0 aliphatic heterocycles. The molecule has 3 rings (SSSR count). The van der Waals surface area contributed by atoms with E-state index in [-0.39, 0.29) is 10.8 Å². The fourth-order valence-electron chi connectivity index (χ4n) is 2.62. The van der Waals surface area contributed by atoms with E-state index in [9.17, 15) is 12.9 Å². The predicted molar refractivity (Wildman–Crippen MR) is 112 cm³/mol. The van der Waals surface area contributed by atoms with Gasteiger partial charge in [0.05, 0.1) is 4.90 Å². The molecule has 0 radical (unpaired) electrons. The van der Waals surface area contributed by atoms with Gasteiger partial charge in [0.25, 0.3) is 10.0 Å². The smallest absolute Gasteiger partial charge is 0.205 e. The third-order valence-electron chi connectivity index (χ3n) is 3.97. The minimum atomic E-state index is -4.10. The van der Waals surface area contributed by atoms with Crippen molar-refractivity contribution in [3.05, 3.63) is 80.8 Å². The van der Waals surface area contributed by atoms with Gasteiger partial charge in [-0.05, 0) is 83.8 Å². The molecule has 134 valence electrons. The second-order valence-corrected chi connectivity index (χ2v) is 9.43. The normalized spacial score (nSPS) is 17.3. The van der Waals surface area contributed by atoms with E-state index in [0.29, 0.717) is 0 Å². The summed E-state index contributed by atoms with van der Waals surface area (Å²) in [5.74, 6) is -0.00598. The summed E-state index contributed by atoms with van der Waals surface area (Å²) in [6, 6.07) is 12.0. The third-order valence-corrected chi connectivity index (χ3v) is 7.32. The van der Waals surface area contributed by atoms with Gasteiger partial charge >= 0.3 is 0 Å². The first-order valence-electron chi connectivity index (χ1n) is 7.43. The highest BCUT2D eigenvalue weighted by Crippen LogP contribution is 2.33. The van der Waals surface area contributed by atoms with E-state index < -0.39 is 10.0 Å². The molecule has 0 aromatic heterocycles. The molecule has 0 fully saturated rings. The van der Waals surface area contributed by atoms with Gasteiger partial charge in [0.2, 0.25) is 0 Å². The lowest BCUT2D eigenvalue weighted by Crippen LogP contribution is -2.14.